The lowest BCUT2D eigenvalue weighted by molar-refractivity contribution is -0.384. The van der Waals surface area contributed by atoms with Crippen molar-refractivity contribution in [3.63, 3.8) is 0 Å². The average Bonchev–Trinajstić information content (AvgIpc) is 2.42. The van der Waals surface area contributed by atoms with E-state index in [9.17, 15) is 19.7 Å². The molecule has 0 aliphatic carbocycles. The fourth-order valence-electron chi connectivity index (χ4n) is 1.89. The molecule has 1 aromatic carbocycles. The van der Waals surface area contributed by atoms with Gasteiger partial charge in [-0.25, -0.2) is 0 Å². The van der Waals surface area contributed by atoms with Crippen LogP contribution in [-0.4, -0.2) is 28.5 Å². The molecular formula is C14H18N2O5. The summed E-state index contributed by atoms with van der Waals surface area (Å²) in [5.74, 6) is -1.83. The second-order valence-electron chi connectivity index (χ2n) is 5.18. The van der Waals surface area contributed by atoms with E-state index in [2.05, 4.69) is 5.32 Å². The van der Waals surface area contributed by atoms with E-state index in [-0.39, 0.29) is 23.7 Å². The molecule has 1 aromatic rings. The molecule has 1 amide bonds. The van der Waals surface area contributed by atoms with Gasteiger partial charge in [0.2, 0.25) is 0 Å². The highest BCUT2D eigenvalue weighted by molar-refractivity contribution is 5.94. The molecule has 0 heterocycles. The van der Waals surface area contributed by atoms with E-state index in [1.165, 1.54) is 24.3 Å². The molecular weight excluding hydrogens is 276 g/mol. The van der Waals surface area contributed by atoms with E-state index >= 15 is 0 Å². The average molecular weight is 294 g/mol. The number of carboxylic acid groups (broad SMARTS) is 1. The molecule has 0 bridgehead atoms. The molecule has 1 unspecified atom stereocenters. The van der Waals surface area contributed by atoms with E-state index in [0.717, 1.165) is 0 Å². The SMILES string of the molecule is CC(C)CC(CNC(=O)c1ccc([N+](=O)[O-])cc1)C(=O)O. The van der Waals surface area contributed by atoms with Gasteiger partial charge in [-0.05, 0) is 24.5 Å². The van der Waals surface area contributed by atoms with Crippen LogP contribution in [0.15, 0.2) is 24.3 Å². The lowest BCUT2D eigenvalue weighted by Crippen LogP contribution is -2.33. The van der Waals surface area contributed by atoms with E-state index in [1.54, 1.807) is 0 Å². The van der Waals surface area contributed by atoms with Crippen molar-refractivity contribution >= 4 is 17.6 Å². The van der Waals surface area contributed by atoms with Crippen LogP contribution in [0.4, 0.5) is 5.69 Å². The number of rotatable bonds is 7. The predicted molar refractivity (Wildman–Crippen MR) is 76.0 cm³/mol. The maximum Gasteiger partial charge on any atom is 0.308 e. The van der Waals surface area contributed by atoms with E-state index < -0.39 is 22.7 Å². The molecule has 0 aromatic heterocycles. The number of nitro benzene ring substituents is 1. The Bertz CT molecular complexity index is 525. The largest absolute Gasteiger partial charge is 0.481 e. The van der Waals surface area contributed by atoms with Crippen LogP contribution < -0.4 is 5.32 Å². The van der Waals surface area contributed by atoms with Crippen molar-refractivity contribution in [3.05, 3.63) is 39.9 Å². The number of hydrogen-bond donors (Lipinski definition) is 2. The molecule has 0 aliphatic heterocycles. The summed E-state index contributed by atoms with van der Waals surface area (Å²) in [5, 5.41) is 22.1. The first kappa shape index (κ1) is 16.6. The number of carboxylic acids is 1. The number of nitrogens with one attached hydrogen (secondary N) is 1. The van der Waals surface area contributed by atoms with Gasteiger partial charge in [-0.1, -0.05) is 13.8 Å². The lowest BCUT2D eigenvalue weighted by Gasteiger charge is -2.15. The van der Waals surface area contributed by atoms with Crippen molar-refractivity contribution in [2.45, 2.75) is 20.3 Å². The highest BCUT2D eigenvalue weighted by atomic mass is 16.6. The number of nitro groups is 1. The Balaban J connectivity index is 2.63. The first-order valence-corrected chi connectivity index (χ1v) is 6.56. The Morgan fingerprint density at radius 1 is 1.29 bits per heavy atom. The quantitative estimate of drug-likeness (QED) is 0.591. The molecule has 0 saturated heterocycles. The van der Waals surface area contributed by atoms with Crippen LogP contribution >= 0.6 is 0 Å². The van der Waals surface area contributed by atoms with Gasteiger partial charge in [0.05, 0.1) is 10.8 Å². The molecule has 114 valence electrons. The zero-order valence-electron chi connectivity index (χ0n) is 11.9. The second-order valence-corrected chi connectivity index (χ2v) is 5.18. The van der Waals surface area contributed by atoms with Crippen LogP contribution in [0.2, 0.25) is 0 Å². The van der Waals surface area contributed by atoms with Gasteiger partial charge in [-0.3, -0.25) is 19.7 Å². The zero-order valence-corrected chi connectivity index (χ0v) is 11.9. The number of nitrogens with zero attached hydrogens (tertiary/aromatic N) is 1. The van der Waals surface area contributed by atoms with Gasteiger partial charge in [0.1, 0.15) is 0 Å². The molecule has 0 saturated carbocycles. The summed E-state index contributed by atoms with van der Waals surface area (Å²) in [4.78, 5) is 32.9. The number of benzene rings is 1. The molecule has 0 aliphatic rings. The lowest BCUT2D eigenvalue weighted by atomic mass is 9.97. The topological polar surface area (TPSA) is 110 Å². The van der Waals surface area contributed by atoms with E-state index in [0.29, 0.717) is 6.42 Å². The van der Waals surface area contributed by atoms with Gasteiger partial charge in [-0.15, -0.1) is 0 Å². The van der Waals surface area contributed by atoms with Crippen molar-refractivity contribution in [2.75, 3.05) is 6.54 Å². The zero-order chi connectivity index (χ0) is 16.0. The number of aliphatic carboxylic acids is 1. The van der Waals surface area contributed by atoms with Crippen molar-refractivity contribution in [3.8, 4) is 0 Å². The Labute approximate surface area is 122 Å². The van der Waals surface area contributed by atoms with Crippen molar-refractivity contribution < 1.29 is 19.6 Å². The van der Waals surface area contributed by atoms with Crippen LogP contribution in [-0.2, 0) is 4.79 Å². The van der Waals surface area contributed by atoms with Gasteiger partial charge in [0.25, 0.3) is 11.6 Å². The van der Waals surface area contributed by atoms with Crippen LogP contribution in [0.25, 0.3) is 0 Å². The number of hydrogen-bond acceptors (Lipinski definition) is 4. The van der Waals surface area contributed by atoms with Crippen LogP contribution in [0, 0.1) is 22.0 Å². The minimum Gasteiger partial charge on any atom is -0.481 e. The van der Waals surface area contributed by atoms with Crippen LogP contribution in [0.5, 0.6) is 0 Å². The second kappa shape index (κ2) is 7.37. The minimum atomic E-state index is -0.951. The van der Waals surface area contributed by atoms with E-state index in [4.69, 9.17) is 5.11 Å². The van der Waals surface area contributed by atoms with Gasteiger partial charge >= 0.3 is 5.97 Å². The van der Waals surface area contributed by atoms with Crippen molar-refractivity contribution in [1.29, 1.82) is 0 Å². The normalized spacial score (nSPS) is 12.0. The molecule has 21 heavy (non-hydrogen) atoms. The fraction of sp³-hybridized carbons (Fsp3) is 0.429. The van der Waals surface area contributed by atoms with Gasteiger partial charge < -0.3 is 10.4 Å². The first-order chi connectivity index (χ1) is 9.81. The van der Waals surface area contributed by atoms with Crippen LogP contribution in [0.3, 0.4) is 0 Å². The Morgan fingerprint density at radius 3 is 2.29 bits per heavy atom. The highest BCUT2D eigenvalue weighted by Crippen LogP contribution is 2.13. The highest BCUT2D eigenvalue weighted by Gasteiger charge is 2.20. The summed E-state index contributed by atoms with van der Waals surface area (Å²) >= 11 is 0. The Hall–Kier alpha value is -2.44. The predicted octanol–water partition coefficient (Wildman–Crippen LogP) is 2.07. The van der Waals surface area contributed by atoms with Gasteiger partial charge in [0.15, 0.2) is 0 Å². The molecule has 7 nitrogen and oxygen atoms in total. The maximum absolute atomic E-state index is 11.9. The third-order valence-corrected chi connectivity index (χ3v) is 2.95. The van der Waals surface area contributed by atoms with Crippen molar-refractivity contribution in [2.24, 2.45) is 11.8 Å². The van der Waals surface area contributed by atoms with Gasteiger partial charge in [0, 0.05) is 24.2 Å². The summed E-state index contributed by atoms with van der Waals surface area (Å²) in [6, 6.07) is 5.15. The summed E-state index contributed by atoms with van der Waals surface area (Å²) in [6.45, 7) is 3.85. The Morgan fingerprint density at radius 2 is 1.86 bits per heavy atom. The van der Waals surface area contributed by atoms with Crippen LogP contribution in [0.1, 0.15) is 30.6 Å². The summed E-state index contributed by atoms with van der Waals surface area (Å²) < 4.78 is 0. The molecule has 7 heteroatoms. The monoisotopic (exact) mass is 294 g/mol. The molecule has 0 fully saturated rings. The fourth-order valence-corrected chi connectivity index (χ4v) is 1.89. The molecule has 0 spiro atoms. The Kier molecular flexibility index (Phi) is 5.83. The molecule has 2 N–H and O–H groups in total. The standard InChI is InChI=1S/C14H18N2O5/c1-9(2)7-11(14(18)19)8-15-13(17)10-3-5-12(6-4-10)16(20)21/h3-6,9,11H,7-8H2,1-2H3,(H,15,17)(H,18,19). The number of amides is 1. The third-order valence-electron chi connectivity index (χ3n) is 2.95. The summed E-state index contributed by atoms with van der Waals surface area (Å²) in [5.41, 5.74) is 0.157. The summed E-state index contributed by atoms with van der Waals surface area (Å²) in [7, 11) is 0. The summed E-state index contributed by atoms with van der Waals surface area (Å²) in [6.07, 6.45) is 0.468. The first-order valence-electron chi connectivity index (χ1n) is 6.56. The maximum atomic E-state index is 11.9. The smallest absolute Gasteiger partial charge is 0.308 e. The number of carbonyl (C=O) groups excluding carboxylic acids is 1. The van der Waals surface area contributed by atoms with Gasteiger partial charge in [-0.2, -0.15) is 0 Å². The molecule has 1 rings (SSSR count). The molecule has 1 atom stereocenters. The third kappa shape index (κ3) is 5.21. The molecule has 0 radical (unpaired) electrons. The number of carbonyl (C=O) groups is 2. The minimum absolute atomic E-state index is 0.0311. The van der Waals surface area contributed by atoms with E-state index in [1.807, 2.05) is 13.8 Å². The number of non-ortho nitro benzene ring substituents is 1. The van der Waals surface area contributed by atoms with Crippen molar-refractivity contribution in [1.82, 2.24) is 5.32 Å².